The van der Waals surface area contributed by atoms with Gasteiger partial charge in [0.05, 0.1) is 6.04 Å². The molecule has 128 valence electrons. The summed E-state index contributed by atoms with van der Waals surface area (Å²) in [4.78, 5) is 24.3. The first-order valence-corrected chi connectivity index (χ1v) is 7.66. The fourth-order valence-corrected chi connectivity index (χ4v) is 2.00. The number of carbonyl (C=O) groups excluding carboxylic acids is 2. The van der Waals surface area contributed by atoms with Gasteiger partial charge in [-0.1, -0.05) is 26.8 Å². The number of amides is 2. The lowest BCUT2D eigenvalue weighted by molar-refractivity contribution is -0.119. The minimum Gasteiger partial charge on any atom is -0.349 e. The summed E-state index contributed by atoms with van der Waals surface area (Å²) < 4.78 is 0. The molecule has 1 fully saturated rings. The van der Waals surface area contributed by atoms with Crippen LogP contribution in [0.1, 0.15) is 49.5 Å². The monoisotopic (exact) mass is 339 g/mol. The first-order chi connectivity index (χ1) is 10.2. The van der Waals surface area contributed by atoms with Gasteiger partial charge in [0.1, 0.15) is 0 Å². The standard InChI is InChI=1S/C17H25N3O2.ClH/c1-10-5-6-11(15(21)19-12-7-8-12)9-13(10)20-16(22)14(18)17(2,3)4;/h5-6,9,12,14H,7-8,18H2,1-4H3,(H,19,21)(H,20,22);1H/t14-;/m1./s1. The predicted octanol–water partition coefficient (Wildman–Crippen LogP) is 2.62. The highest BCUT2D eigenvalue weighted by Crippen LogP contribution is 2.23. The average Bonchev–Trinajstić information content (AvgIpc) is 3.23. The van der Waals surface area contributed by atoms with Gasteiger partial charge in [-0.3, -0.25) is 9.59 Å². The van der Waals surface area contributed by atoms with Gasteiger partial charge in [0.2, 0.25) is 5.91 Å². The number of anilines is 1. The van der Waals surface area contributed by atoms with Crippen LogP contribution in [0.5, 0.6) is 0 Å². The molecule has 1 saturated carbocycles. The highest BCUT2D eigenvalue weighted by atomic mass is 35.5. The zero-order chi connectivity index (χ0) is 16.5. The molecule has 1 aliphatic carbocycles. The van der Waals surface area contributed by atoms with Crippen LogP contribution >= 0.6 is 12.4 Å². The molecule has 0 saturated heterocycles. The molecule has 0 radical (unpaired) electrons. The minimum atomic E-state index is -0.615. The summed E-state index contributed by atoms with van der Waals surface area (Å²) in [6.07, 6.45) is 2.09. The Hall–Kier alpha value is -1.59. The van der Waals surface area contributed by atoms with Crippen molar-refractivity contribution in [1.29, 1.82) is 0 Å². The number of hydrogen-bond acceptors (Lipinski definition) is 3. The first kappa shape index (κ1) is 19.5. The second-order valence-corrected chi connectivity index (χ2v) is 7.11. The van der Waals surface area contributed by atoms with Gasteiger partial charge >= 0.3 is 0 Å². The van der Waals surface area contributed by atoms with E-state index in [1.54, 1.807) is 12.1 Å². The summed E-state index contributed by atoms with van der Waals surface area (Å²) in [5.74, 6) is -0.339. The van der Waals surface area contributed by atoms with Crippen molar-refractivity contribution in [3.63, 3.8) is 0 Å². The molecular weight excluding hydrogens is 314 g/mol. The fraction of sp³-hybridized carbons (Fsp3) is 0.529. The number of nitrogens with two attached hydrogens (primary N) is 1. The van der Waals surface area contributed by atoms with Gasteiger partial charge in [0.15, 0.2) is 0 Å². The normalized spacial score (nSPS) is 15.3. The molecule has 0 aliphatic heterocycles. The summed E-state index contributed by atoms with van der Waals surface area (Å²) >= 11 is 0. The summed E-state index contributed by atoms with van der Waals surface area (Å²) in [7, 11) is 0. The molecule has 0 spiro atoms. The molecule has 1 atom stereocenters. The number of rotatable bonds is 4. The van der Waals surface area contributed by atoms with Crippen LogP contribution in [0.15, 0.2) is 18.2 Å². The molecule has 5 nitrogen and oxygen atoms in total. The van der Waals surface area contributed by atoms with Crippen molar-refractivity contribution < 1.29 is 9.59 Å². The van der Waals surface area contributed by atoms with E-state index in [1.165, 1.54) is 0 Å². The topological polar surface area (TPSA) is 84.2 Å². The highest BCUT2D eigenvalue weighted by Gasteiger charge is 2.28. The second kappa shape index (κ2) is 7.32. The lowest BCUT2D eigenvalue weighted by Gasteiger charge is -2.26. The van der Waals surface area contributed by atoms with Crippen molar-refractivity contribution in [3.8, 4) is 0 Å². The molecule has 2 amide bonds. The van der Waals surface area contributed by atoms with Crippen molar-refractivity contribution >= 4 is 29.9 Å². The molecule has 6 heteroatoms. The fourth-order valence-electron chi connectivity index (χ4n) is 2.00. The van der Waals surface area contributed by atoms with Crippen molar-refractivity contribution in [2.75, 3.05) is 5.32 Å². The Morgan fingerprint density at radius 3 is 2.39 bits per heavy atom. The van der Waals surface area contributed by atoms with Crippen molar-refractivity contribution in [2.45, 2.75) is 52.6 Å². The highest BCUT2D eigenvalue weighted by molar-refractivity contribution is 5.99. The van der Waals surface area contributed by atoms with Crippen LogP contribution in [-0.2, 0) is 4.79 Å². The van der Waals surface area contributed by atoms with Crippen molar-refractivity contribution in [2.24, 2.45) is 11.1 Å². The lowest BCUT2D eigenvalue weighted by atomic mass is 9.87. The first-order valence-electron chi connectivity index (χ1n) is 7.66. The van der Waals surface area contributed by atoms with E-state index in [0.29, 0.717) is 17.3 Å². The Labute approximate surface area is 143 Å². The maximum atomic E-state index is 12.2. The Balaban J connectivity index is 0.00000264. The maximum Gasteiger partial charge on any atom is 0.251 e. The van der Waals surface area contributed by atoms with Gasteiger partial charge in [-0.05, 0) is 42.9 Å². The summed E-state index contributed by atoms with van der Waals surface area (Å²) in [6.45, 7) is 7.65. The van der Waals surface area contributed by atoms with E-state index in [0.717, 1.165) is 18.4 Å². The largest absolute Gasteiger partial charge is 0.349 e. The van der Waals surface area contributed by atoms with Gasteiger partial charge in [0, 0.05) is 17.3 Å². The van der Waals surface area contributed by atoms with E-state index < -0.39 is 6.04 Å². The molecule has 1 aliphatic rings. The molecule has 4 N–H and O–H groups in total. The van der Waals surface area contributed by atoms with Gasteiger partial charge in [-0.15, -0.1) is 12.4 Å². The number of benzene rings is 1. The summed E-state index contributed by atoms with van der Waals surface area (Å²) in [6, 6.07) is 5.00. The maximum absolute atomic E-state index is 12.2. The zero-order valence-electron chi connectivity index (χ0n) is 14.1. The van der Waals surface area contributed by atoms with Crippen LogP contribution in [0.25, 0.3) is 0 Å². The van der Waals surface area contributed by atoms with E-state index in [2.05, 4.69) is 10.6 Å². The quantitative estimate of drug-likeness (QED) is 0.788. The second-order valence-electron chi connectivity index (χ2n) is 7.11. The van der Waals surface area contributed by atoms with Crippen molar-refractivity contribution in [1.82, 2.24) is 5.32 Å². The molecule has 0 unspecified atom stereocenters. The third-order valence-corrected chi connectivity index (χ3v) is 3.89. The Morgan fingerprint density at radius 2 is 1.87 bits per heavy atom. The molecule has 23 heavy (non-hydrogen) atoms. The van der Waals surface area contributed by atoms with Gasteiger partial charge < -0.3 is 16.4 Å². The number of carbonyl (C=O) groups is 2. The minimum absolute atomic E-state index is 0. The molecule has 2 rings (SSSR count). The molecular formula is C17H26ClN3O2. The van der Waals surface area contributed by atoms with Crippen LogP contribution in [0.2, 0.25) is 0 Å². The van der Waals surface area contributed by atoms with E-state index in [1.807, 2.05) is 33.8 Å². The number of hydrogen-bond donors (Lipinski definition) is 3. The van der Waals surface area contributed by atoms with E-state index >= 15 is 0 Å². The van der Waals surface area contributed by atoms with Crippen LogP contribution in [-0.4, -0.2) is 23.9 Å². The van der Waals surface area contributed by atoms with E-state index in [4.69, 9.17) is 5.73 Å². The average molecular weight is 340 g/mol. The Bertz CT molecular complexity index is 592. The van der Waals surface area contributed by atoms with Crippen molar-refractivity contribution in [3.05, 3.63) is 29.3 Å². The van der Waals surface area contributed by atoms with Gasteiger partial charge in [0.25, 0.3) is 5.91 Å². The third-order valence-electron chi connectivity index (χ3n) is 3.89. The van der Waals surface area contributed by atoms with Crippen LogP contribution in [0.3, 0.4) is 0 Å². The van der Waals surface area contributed by atoms with Crippen LogP contribution in [0.4, 0.5) is 5.69 Å². The molecule has 0 bridgehead atoms. The van der Waals surface area contributed by atoms with Crippen LogP contribution in [0, 0.1) is 12.3 Å². The summed E-state index contributed by atoms with van der Waals surface area (Å²) in [5.41, 5.74) is 7.74. The van der Waals surface area contributed by atoms with E-state index in [-0.39, 0.29) is 29.6 Å². The SMILES string of the molecule is Cc1ccc(C(=O)NC2CC2)cc1NC(=O)[C@@H](N)C(C)(C)C.Cl. The zero-order valence-corrected chi connectivity index (χ0v) is 14.9. The smallest absolute Gasteiger partial charge is 0.251 e. The van der Waals surface area contributed by atoms with E-state index in [9.17, 15) is 9.59 Å². The summed E-state index contributed by atoms with van der Waals surface area (Å²) in [5, 5.41) is 5.78. The predicted molar refractivity (Wildman–Crippen MR) is 95.0 cm³/mol. The van der Waals surface area contributed by atoms with Crippen LogP contribution < -0.4 is 16.4 Å². The third kappa shape index (κ3) is 5.22. The molecule has 0 aromatic heterocycles. The Kier molecular flexibility index (Phi) is 6.19. The number of halogens is 1. The molecule has 1 aromatic carbocycles. The number of aryl methyl sites for hydroxylation is 1. The lowest BCUT2D eigenvalue weighted by Crippen LogP contribution is -2.45. The van der Waals surface area contributed by atoms with Gasteiger partial charge in [-0.2, -0.15) is 0 Å². The van der Waals surface area contributed by atoms with Gasteiger partial charge in [-0.25, -0.2) is 0 Å². The molecule has 1 aromatic rings. The number of nitrogens with one attached hydrogen (secondary N) is 2. The Morgan fingerprint density at radius 1 is 1.26 bits per heavy atom. The molecule has 0 heterocycles.